The van der Waals surface area contributed by atoms with Crippen LogP contribution in [0.2, 0.25) is 0 Å². The predicted molar refractivity (Wildman–Crippen MR) is 72.3 cm³/mol. The third kappa shape index (κ3) is 3.07. The summed E-state index contributed by atoms with van der Waals surface area (Å²) in [4.78, 5) is 16.5. The largest absolute Gasteiger partial charge is 0.328 e. The van der Waals surface area contributed by atoms with Crippen molar-refractivity contribution in [3.8, 4) is 0 Å². The highest BCUT2D eigenvalue weighted by molar-refractivity contribution is 5.93. The molecule has 1 heterocycles. The number of nitrogens with zero attached hydrogens (tertiary/aromatic N) is 1. The second-order valence-electron chi connectivity index (χ2n) is 5.20. The van der Waals surface area contributed by atoms with Crippen molar-refractivity contribution in [2.24, 2.45) is 11.7 Å². The fourth-order valence-corrected chi connectivity index (χ4v) is 2.52. The third-order valence-corrected chi connectivity index (χ3v) is 3.57. The summed E-state index contributed by atoms with van der Waals surface area (Å²) >= 11 is 0. The van der Waals surface area contributed by atoms with Crippen LogP contribution in [-0.2, 0) is 4.79 Å². The Morgan fingerprint density at radius 1 is 1.39 bits per heavy atom. The van der Waals surface area contributed by atoms with Crippen molar-refractivity contribution in [1.29, 1.82) is 0 Å². The number of hydrogen-bond acceptors (Lipinski definition) is 3. The number of anilines is 1. The molecule has 1 amide bonds. The van der Waals surface area contributed by atoms with Gasteiger partial charge in [0.05, 0.1) is 11.4 Å². The molecule has 1 aromatic heterocycles. The number of rotatable bonds is 2. The molecule has 1 aliphatic carbocycles. The molecule has 2 rings (SSSR count). The summed E-state index contributed by atoms with van der Waals surface area (Å²) in [6.45, 7) is 3.86. The van der Waals surface area contributed by atoms with Crippen LogP contribution in [0.4, 0.5) is 5.69 Å². The van der Waals surface area contributed by atoms with E-state index in [0.29, 0.717) is 0 Å². The topological polar surface area (TPSA) is 68.0 Å². The fourth-order valence-electron chi connectivity index (χ4n) is 2.52. The first-order valence-electron chi connectivity index (χ1n) is 6.57. The van der Waals surface area contributed by atoms with Gasteiger partial charge in [-0.15, -0.1) is 0 Å². The highest BCUT2D eigenvalue weighted by atomic mass is 16.1. The lowest BCUT2D eigenvalue weighted by atomic mass is 9.85. The van der Waals surface area contributed by atoms with Gasteiger partial charge in [-0.25, -0.2) is 0 Å². The predicted octanol–water partition coefficient (Wildman–Crippen LogP) is 2.15. The number of pyridine rings is 1. The summed E-state index contributed by atoms with van der Waals surface area (Å²) in [5.41, 5.74) is 8.55. The fraction of sp³-hybridized carbons (Fsp3) is 0.571. The molecule has 1 saturated carbocycles. The molecule has 98 valence electrons. The molecule has 0 aliphatic heterocycles. The van der Waals surface area contributed by atoms with E-state index >= 15 is 0 Å². The molecular formula is C14H21N3O. The Labute approximate surface area is 108 Å². The number of hydrogen-bond donors (Lipinski definition) is 2. The normalized spacial score (nSPS) is 23.7. The number of nitrogens with two attached hydrogens (primary N) is 1. The van der Waals surface area contributed by atoms with Gasteiger partial charge in [-0.2, -0.15) is 0 Å². The molecule has 4 heteroatoms. The molecule has 0 aromatic carbocycles. The lowest BCUT2D eigenvalue weighted by molar-refractivity contribution is -0.120. The van der Waals surface area contributed by atoms with E-state index in [-0.39, 0.29) is 17.9 Å². The molecule has 1 aromatic rings. The first-order chi connectivity index (χ1) is 8.56. The van der Waals surface area contributed by atoms with E-state index in [4.69, 9.17) is 5.73 Å². The van der Waals surface area contributed by atoms with Crippen molar-refractivity contribution in [3.05, 3.63) is 23.5 Å². The first kappa shape index (κ1) is 13.0. The number of carbonyl (C=O) groups is 1. The smallest absolute Gasteiger partial charge is 0.227 e. The van der Waals surface area contributed by atoms with Gasteiger partial charge in [0.1, 0.15) is 0 Å². The maximum atomic E-state index is 12.2. The van der Waals surface area contributed by atoms with Crippen molar-refractivity contribution in [3.63, 3.8) is 0 Å². The van der Waals surface area contributed by atoms with E-state index in [1.165, 1.54) is 0 Å². The van der Waals surface area contributed by atoms with Gasteiger partial charge in [-0.3, -0.25) is 9.78 Å². The number of aromatic nitrogens is 1. The van der Waals surface area contributed by atoms with Gasteiger partial charge in [-0.05, 0) is 45.2 Å². The van der Waals surface area contributed by atoms with Crippen LogP contribution in [0.1, 0.15) is 37.1 Å². The summed E-state index contributed by atoms with van der Waals surface area (Å²) in [6.07, 6.45) is 3.82. The van der Waals surface area contributed by atoms with E-state index in [1.807, 2.05) is 26.0 Å². The Morgan fingerprint density at radius 3 is 2.83 bits per heavy atom. The lowest BCUT2D eigenvalue weighted by Gasteiger charge is -2.25. The number of carbonyl (C=O) groups excluding carboxylic acids is 1. The summed E-state index contributed by atoms with van der Waals surface area (Å²) in [6, 6.07) is 4.00. The van der Waals surface area contributed by atoms with Crippen LogP contribution in [0.15, 0.2) is 12.1 Å². The minimum atomic E-state index is 0.0504. The average Bonchev–Trinajstić information content (AvgIpc) is 2.32. The molecule has 0 saturated heterocycles. The minimum Gasteiger partial charge on any atom is -0.328 e. The van der Waals surface area contributed by atoms with E-state index in [9.17, 15) is 4.79 Å². The maximum Gasteiger partial charge on any atom is 0.227 e. The average molecular weight is 247 g/mol. The Bertz CT molecular complexity index is 445. The molecule has 0 spiro atoms. The molecule has 18 heavy (non-hydrogen) atoms. The molecule has 1 fully saturated rings. The quantitative estimate of drug-likeness (QED) is 0.841. The molecule has 4 nitrogen and oxygen atoms in total. The van der Waals surface area contributed by atoms with E-state index < -0.39 is 0 Å². The van der Waals surface area contributed by atoms with Crippen molar-refractivity contribution < 1.29 is 4.79 Å². The van der Waals surface area contributed by atoms with Crippen LogP contribution in [0.5, 0.6) is 0 Å². The Kier molecular flexibility index (Phi) is 3.97. The zero-order chi connectivity index (χ0) is 13.1. The first-order valence-corrected chi connectivity index (χ1v) is 6.57. The Balaban J connectivity index is 2.02. The molecule has 0 bridgehead atoms. The van der Waals surface area contributed by atoms with Gasteiger partial charge in [-0.1, -0.05) is 6.42 Å². The molecule has 1 aliphatic rings. The minimum absolute atomic E-state index is 0.0504. The van der Waals surface area contributed by atoms with Gasteiger partial charge in [0.25, 0.3) is 0 Å². The van der Waals surface area contributed by atoms with Gasteiger partial charge >= 0.3 is 0 Å². The monoisotopic (exact) mass is 247 g/mol. The van der Waals surface area contributed by atoms with Crippen molar-refractivity contribution in [2.45, 2.75) is 45.6 Å². The molecular weight excluding hydrogens is 226 g/mol. The summed E-state index contributed by atoms with van der Waals surface area (Å²) < 4.78 is 0. The molecule has 2 unspecified atom stereocenters. The number of nitrogens with one attached hydrogen (secondary N) is 1. The van der Waals surface area contributed by atoms with Crippen LogP contribution in [-0.4, -0.2) is 16.9 Å². The maximum absolute atomic E-state index is 12.2. The van der Waals surface area contributed by atoms with Crippen LogP contribution in [0.25, 0.3) is 0 Å². The second kappa shape index (κ2) is 5.48. The summed E-state index contributed by atoms with van der Waals surface area (Å²) in [5, 5.41) is 2.97. The van der Waals surface area contributed by atoms with Gasteiger partial charge in [0.15, 0.2) is 0 Å². The van der Waals surface area contributed by atoms with Gasteiger partial charge in [0.2, 0.25) is 5.91 Å². The highest BCUT2D eigenvalue weighted by Gasteiger charge is 2.25. The number of amides is 1. The highest BCUT2D eigenvalue weighted by Crippen LogP contribution is 2.25. The van der Waals surface area contributed by atoms with Crippen LogP contribution >= 0.6 is 0 Å². The molecule has 3 N–H and O–H groups in total. The van der Waals surface area contributed by atoms with Crippen LogP contribution < -0.4 is 11.1 Å². The zero-order valence-corrected chi connectivity index (χ0v) is 11.1. The van der Waals surface area contributed by atoms with Crippen molar-refractivity contribution >= 4 is 11.6 Å². The van der Waals surface area contributed by atoms with E-state index in [0.717, 1.165) is 42.8 Å². The van der Waals surface area contributed by atoms with Crippen LogP contribution in [0, 0.1) is 19.8 Å². The Hall–Kier alpha value is -1.42. The lowest BCUT2D eigenvalue weighted by Crippen LogP contribution is -2.34. The van der Waals surface area contributed by atoms with Crippen molar-refractivity contribution in [2.75, 3.05) is 5.32 Å². The molecule has 2 atom stereocenters. The Morgan fingerprint density at radius 2 is 2.17 bits per heavy atom. The second-order valence-corrected chi connectivity index (χ2v) is 5.20. The SMILES string of the molecule is Cc1ccc(NC(=O)C2CCCC(N)C2)c(C)n1. The molecule has 0 radical (unpaired) electrons. The summed E-state index contributed by atoms with van der Waals surface area (Å²) in [5.74, 6) is 0.133. The van der Waals surface area contributed by atoms with Gasteiger partial charge in [0, 0.05) is 17.7 Å². The zero-order valence-electron chi connectivity index (χ0n) is 11.1. The standard InChI is InChI=1S/C14H21N3O/c1-9-6-7-13(10(2)16-9)17-14(18)11-4-3-5-12(15)8-11/h6-7,11-12H,3-5,8,15H2,1-2H3,(H,17,18). The van der Waals surface area contributed by atoms with Crippen LogP contribution in [0.3, 0.4) is 0 Å². The number of aryl methyl sites for hydroxylation is 2. The third-order valence-electron chi connectivity index (χ3n) is 3.57. The van der Waals surface area contributed by atoms with E-state index in [2.05, 4.69) is 10.3 Å². The summed E-state index contributed by atoms with van der Waals surface area (Å²) in [7, 11) is 0. The van der Waals surface area contributed by atoms with E-state index in [1.54, 1.807) is 0 Å². The van der Waals surface area contributed by atoms with Crippen molar-refractivity contribution in [1.82, 2.24) is 4.98 Å². The van der Waals surface area contributed by atoms with Gasteiger partial charge < -0.3 is 11.1 Å².